The topological polar surface area (TPSA) is 63.6 Å². The van der Waals surface area contributed by atoms with Gasteiger partial charge in [0, 0.05) is 18.3 Å². The Morgan fingerprint density at radius 2 is 1.67 bits per heavy atom. The van der Waals surface area contributed by atoms with Crippen LogP contribution < -0.4 is 0 Å². The number of carboxylic acids is 1. The third-order valence-corrected chi connectivity index (χ3v) is 13.9. The molecule has 0 aromatic carbocycles. The first kappa shape index (κ1) is 31.8. The summed E-state index contributed by atoms with van der Waals surface area (Å²) in [7, 11) is 0. The van der Waals surface area contributed by atoms with Gasteiger partial charge in [-0.05, 0) is 123 Å². The molecule has 0 aliphatic heterocycles. The number of Topliss-reactive ketones (excluding diaryl/α,β-unsaturated/α-hetero) is 1. The molecule has 5 aliphatic carbocycles. The molecule has 42 heavy (non-hydrogen) atoms. The van der Waals surface area contributed by atoms with E-state index in [0.717, 1.165) is 25.7 Å². The summed E-state index contributed by atoms with van der Waals surface area (Å²) >= 11 is 0. The van der Waals surface area contributed by atoms with Crippen LogP contribution in [0.3, 0.4) is 0 Å². The molecule has 0 saturated heterocycles. The van der Waals surface area contributed by atoms with Crippen LogP contribution in [-0.2, 0) is 14.3 Å². The molecule has 0 aromatic rings. The van der Waals surface area contributed by atoms with Crippen molar-refractivity contribution in [2.24, 2.45) is 56.7 Å². The first-order valence-electron chi connectivity index (χ1n) is 17.3. The van der Waals surface area contributed by atoms with Crippen LogP contribution in [0.5, 0.6) is 0 Å². The Morgan fingerprint density at radius 3 is 2.29 bits per heavy atom. The zero-order valence-electron chi connectivity index (χ0n) is 28.3. The van der Waals surface area contributed by atoms with Gasteiger partial charge in [0.1, 0.15) is 6.10 Å². The lowest BCUT2D eigenvalue weighted by molar-refractivity contribution is -0.206. The molecular weight excluding hydrogens is 520 g/mol. The number of hydrogen-bond donors (Lipinski definition) is 1. The van der Waals surface area contributed by atoms with Gasteiger partial charge in [0.25, 0.3) is 0 Å². The number of allylic oxidation sites excluding steroid dienone is 3. The van der Waals surface area contributed by atoms with E-state index in [1.807, 2.05) is 0 Å². The first-order valence-corrected chi connectivity index (χ1v) is 17.3. The highest BCUT2D eigenvalue weighted by Gasteiger charge is 2.66. The molecule has 0 aromatic heterocycles. The summed E-state index contributed by atoms with van der Waals surface area (Å²) < 4.78 is 6.56. The van der Waals surface area contributed by atoms with Crippen molar-refractivity contribution in [2.45, 2.75) is 145 Å². The van der Waals surface area contributed by atoms with Crippen molar-refractivity contribution >= 4 is 11.8 Å². The molecule has 4 fully saturated rings. The zero-order valence-corrected chi connectivity index (χ0v) is 28.3. The van der Waals surface area contributed by atoms with E-state index in [-0.39, 0.29) is 22.3 Å². The van der Waals surface area contributed by atoms with Gasteiger partial charge in [-0.3, -0.25) is 9.59 Å². The van der Waals surface area contributed by atoms with Crippen LogP contribution in [0.1, 0.15) is 139 Å². The molecule has 0 amide bonds. The predicted molar refractivity (Wildman–Crippen MR) is 170 cm³/mol. The summed E-state index contributed by atoms with van der Waals surface area (Å²) in [5.41, 5.74) is 2.70. The van der Waals surface area contributed by atoms with Gasteiger partial charge in [-0.2, -0.15) is 0 Å². The van der Waals surface area contributed by atoms with Gasteiger partial charge in [-0.1, -0.05) is 67.0 Å². The third-order valence-electron chi connectivity index (χ3n) is 13.9. The fraction of sp³-hybridized carbons (Fsp3) is 0.842. The number of rotatable bonds is 8. The minimum absolute atomic E-state index is 0.00442. The molecule has 1 N–H and O–H groups in total. The van der Waals surface area contributed by atoms with Gasteiger partial charge in [0.2, 0.25) is 0 Å². The van der Waals surface area contributed by atoms with Crippen molar-refractivity contribution in [3.8, 4) is 0 Å². The Labute approximate surface area is 256 Å². The summed E-state index contributed by atoms with van der Waals surface area (Å²) in [6, 6.07) is 0. The van der Waals surface area contributed by atoms with Gasteiger partial charge < -0.3 is 9.84 Å². The average Bonchev–Trinajstić information content (AvgIpc) is 3.17. The molecule has 236 valence electrons. The van der Waals surface area contributed by atoms with Gasteiger partial charge in [-0.15, -0.1) is 0 Å². The maximum Gasteiger partial charge on any atom is 0.309 e. The van der Waals surface area contributed by atoms with Crippen LogP contribution in [0.15, 0.2) is 23.5 Å². The molecule has 5 rings (SSSR count). The van der Waals surface area contributed by atoms with E-state index in [1.54, 1.807) is 19.4 Å². The molecular formula is C38H60O4. The van der Waals surface area contributed by atoms with E-state index in [1.165, 1.54) is 50.5 Å². The van der Waals surface area contributed by atoms with Crippen molar-refractivity contribution < 1.29 is 19.4 Å². The fourth-order valence-corrected chi connectivity index (χ4v) is 12.2. The smallest absolute Gasteiger partial charge is 0.309 e. The van der Waals surface area contributed by atoms with Gasteiger partial charge in [0.15, 0.2) is 5.78 Å². The number of ketones is 1. The van der Waals surface area contributed by atoms with Crippen LogP contribution in [0.25, 0.3) is 0 Å². The van der Waals surface area contributed by atoms with Crippen molar-refractivity contribution in [1.82, 2.24) is 0 Å². The van der Waals surface area contributed by atoms with Crippen molar-refractivity contribution in [3.63, 3.8) is 0 Å². The number of hydrogen-bond acceptors (Lipinski definition) is 3. The molecule has 8 atom stereocenters. The number of fused-ring (bicyclic) bond motifs is 7. The maximum atomic E-state index is 13.5. The molecule has 4 nitrogen and oxygen atoms in total. The molecule has 0 heterocycles. The second-order valence-corrected chi connectivity index (χ2v) is 17.5. The molecule has 0 spiro atoms. The van der Waals surface area contributed by atoms with Crippen molar-refractivity contribution in [1.29, 1.82) is 0 Å². The largest absolute Gasteiger partial charge is 0.495 e. The Balaban J connectivity index is 1.41. The Hall–Kier alpha value is -1.58. The summed E-state index contributed by atoms with van der Waals surface area (Å²) in [4.78, 5) is 25.3. The second kappa shape index (κ2) is 10.5. The lowest BCUT2D eigenvalue weighted by atomic mass is 9.36. The minimum atomic E-state index is -0.876. The number of aliphatic carboxylic acids is 1. The standard InChI is InChI=1S/C38H60O4/c1-11-17-38-20-14-26-25(32(38)31(23(2)3)27(39)22-38)12-13-29-36(26,9)18-15-28-35(7,8)30(16-19-37(28,29)10)42-24(4)21-34(5,6)33(40)41/h23,25-26,28-30H,4,11-22H2,1-3,5-10H3,(H,40,41). The summed E-state index contributed by atoms with van der Waals surface area (Å²) in [6.07, 6.45) is 13.2. The number of carbonyl (C=O) groups is 2. The van der Waals surface area contributed by atoms with E-state index in [9.17, 15) is 14.7 Å². The summed E-state index contributed by atoms with van der Waals surface area (Å²) in [6.45, 7) is 24.6. The number of ether oxygens (including phenoxy) is 1. The van der Waals surface area contributed by atoms with E-state index in [2.05, 4.69) is 55.0 Å². The Morgan fingerprint density at radius 1 is 1.00 bits per heavy atom. The van der Waals surface area contributed by atoms with Gasteiger partial charge >= 0.3 is 5.97 Å². The average molecular weight is 581 g/mol. The number of carboxylic acid groups (broad SMARTS) is 1. The Kier molecular flexibility index (Phi) is 7.96. The SMILES string of the molecule is C=C(CC(C)(C)C(=O)O)OC1CCC2(C)C(CCC3(C)C4CCC5(CCC)CC(=O)C(C(C)C)=C5C4CCC32)C1(C)C. The summed E-state index contributed by atoms with van der Waals surface area (Å²) in [5.74, 6) is 3.13. The van der Waals surface area contributed by atoms with E-state index >= 15 is 0 Å². The van der Waals surface area contributed by atoms with Crippen LogP contribution >= 0.6 is 0 Å². The second-order valence-electron chi connectivity index (χ2n) is 17.5. The van der Waals surface area contributed by atoms with Crippen LogP contribution in [0.2, 0.25) is 0 Å². The van der Waals surface area contributed by atoms with Gasteiger partial charge in [-0.25, -0.2) is 0 Å². The lowest BCUT2D eigenvalue weighted by Crippen LogP contribution is -2.62. The Bertz CT molecular complexity index is 1160. The third kappa shape index (κ3) is 4.66. The summed E-state index contributed by atoms with van der Waals surface area (Å²) in [5, 5.41) is 9.63. The molecule has 8 unspecified atom stereocenters. The molecule has 4 heteroatoms. The monoisotopic (exact) mass is 580 g/mol. The highest BCUT2D eigenvalue weighted by Crippen LogP contribution is 2.73. The van der Waals surface area contributed by atoms with E-state index < -0.39 is 11.4 Å². The van der Waals surface area contributed by atoms with Crippen LogP contribution in [0, 0.1) is 56.7 Å². The minimum Gasteiger partial charge on any atom is -0.495 e. The van der Waals surface area contributed by atoms with E-state index in [4.69, 9.17) is 4.74 Å². The van der Waals surface area contributed by atoms with Crippen molar-refractivity contribution in [3.05, 3.63) is 23.5 Å². The highest BCUT2D eigenvalue weighted by molar-refractivity contribution is 6.00. The first-order chi connectivity index (χ1) is 19.4. The zero-order chi connectivity index (χ0) is 31.0. The molecule has 0 radical (unpaired) electrons. The highest BCUT2D eigenvalue weighted by atomic mass is 16.5. The lowest BCUT2D eigenvalue weighted by Gasteiger charge is -2.69. The van der Waals surface area contributed by atoms with Gasteiger partial charge in [0.05, 0.1) is 11.2 Å². The predicted octanol–water partition coefficient (Wildman–Crippen LogP) is 9.78. The quantitative estimate of drug-likeness (QED) is 0.290. The maximum absolute atomic E-state index is 13.5. The van der Waals surface area contributed by atoms with Crippen LogP contribution in [0.4, 0.5) is 0 Å². The molecule has 0 bridgehead atoms. The van der Waals surface area contributed by atoms with E-state index in [0.29, 0.717) is 53.0 Å². The molecule has 5 aliphatic rings. The number of carbonyl (C=O) groups excluding carboxylic acids is 1. The van der Waals surface area contributed by atoms with Crippen LogP contribution in [-0.4, -0.2) is 23.0 Å². The molecule has 4 saturated carbocycles. The van der Waals surface area contributed by atoms with Crippen molar-refractivity contribution in [2.75, 3.05) is 0 Å². The normalized spacial score (nSPS) is 41.1. The fourth-order valence-electron chi connectivity index (χ4n) is 12.2.